The van der Waals surface area contributed by atoms with Crippen LogP contribution in [0.3, 0.4) is 0 Å². The molecule has 0 radical (unpaired) electrons. The van der Waals surface area contributed by atoms with Gasteiger partial charge in [0, 0.05) is 12.0 Å². The number of aliphatic hydroxyl groups is 1. The highest BCUT2D eigenvalue weighted by Gasteiger charge is 2.24. The fraction of sp³-hybridized carbons (Fsp3) is 0.417. The summed E-state index contributed by atoms with van der Waals surface area (Å²) < 4.78 is 5.07. The van der Waals surface area contributed by atoms with Gasteiger partial charge < -0.3 is 15.6 Å². The Balaban J connectivity index is 2.28. The van der Waals surface area contributed by atoms with Crippen LogP contribution in [-0.2, 0) is 4.74 Å². The van der Waals surface area contributed by atoms with E-state index in [-0.39, 0.29) is 5.92 Å². The quantitative estimate of drug-likeness (QED) is 0.782. The molecule has 1 aromatic carbocycles. The highest BCUT2D eigenvalue weighted by molar-refractivity contribution is 5.94. The number of benzene rings is 1. The topological polar surface area (TPSA) is 72.6 Å². The minimum absolute atomic E-state index is 0.146. The van der Waals surface area contributed by atoms with Gasteiger partial charge in [0.05, 0.1) is 6.61 Å². The summed E-state index contributed by atoms with van der Waals surface area (Å²) in [5.74, 6) is -0.274. The van der Waals surface area contributed by atoms with E-state index < -0.39 is 12.2 Å². The first kappa shape index (κ1) is 11.1. The summed E-state index contributed by atoms with van der Waals surface area (Å²) in [5, 5.41) is 9.43. The molecule has 1 aliphatic rings. The van der Waals surface area contributed by atoms with E-state index in [1.54, 1.807) is 12.1 Å². The molecule has 0 bridgehead atoms. The molecule has 4 nitrogen and oxygen atoms in total. The Morgan fingerprint density at radius 3 is 2.88 bits per heavy atom. The monoisotopic (exact) mass is 221 g/mol. The molecule has 0 aliphatic carbocycles. The second kappa shape index (κ2) is 4.63. The van der Waals surface area contributed by atoms with Crippen molar-refractivity contribution in [1.29, 1.82) is 0 Å². The molecule has 0 aromatic heterocycles. The van der Waals surface area contributed by atoms with E-state index in [1.165, 1.54) is 0 Å². The molecule has 1 fully saturated rings. The van der Waals surface area contributed by atoms with Crippen molar-refractivity contribution in [2.75, 3.05) is 6.61 Å². The number of hydrogen-bond donors (Lipinski definition) is 2. The normalized spacial score (nSPS) is 25.3. The highest BCUT2D eigenvalue weighted by Crippen LogP contribution is 2.31. The van der Waals surface area contributed by atoms with Crippen LogP contribution in [0.4, 0.5) is 0 Å². The maximum absolute atomic E-state index is 11.3. The Morgan fingerprint density at radius 1 is 1.44 bits per heavy atom. The second-order valence-corrected chi connectivity index (χ2v) is 4.00. The van der Waals surface area contributed by atoms with Gasteiger partial charge in [0.25, 0.3) is 0 Å². The highest BCUT2D eigenvalue weighted by atomic mass is 16.6. The molecular formula is C12H15NO3. The van der Waals surface area contributed by atoms with Gasteiger partial charge in [-0.05, 0) is 24.0 Å². The molecule has 1 heterocycles. The van der Waals surface area contributed by atoms with Crippen LogP contribution in [0.15, 0.2) is 24.3 Å². The molecule has 1 aromatic rings. The Kier molecular flexibility index (Phi) is 3.22. The Bertz CT molecular complexity index is 392. The maximum Gasteiger partial charge on any atom is 0.248 e. The van der Waals surface area contributed by atoms with Crippen LogP contribution in [-0.4, -0.2) is 23.9 Å². The molecular weight excluding hydrogens is 206 g/mol. The van der Waals surface area contributed by atoms with Gasteiger partial charge in [-0.3, -0.25) is 4.79 Å². The number of primary amides is 1. The lowest BCUT2D eigenvalue weighted by Gasteiger charge is -2.27. The van der Waals surface area contributed by atoms with E-state index in [0.29, 0.717) is 18.6 Å². The summed E-state index contributed by atoms with van der Waals surface area (Å²) in [5.41, 5.74) is 6.78. The fourth-order valence-electron chi connectivity index (χ4n) is 2.14. The summed E-state index contributed by atoms with van der Waals surface area (Å²) in [6.45, 7) is 0.513. The molecule has 4 heteroatoms. The third-order valence-corrected chi connectivity index (χ3v) is 2.93. The zero-order valence-electron chi connectivity index (χ0n) is 8.93. The SMILES string of the molecule is NC(=O)c1ccccc1C1CCOC(O)C1. The second-order valence-electron chi connectivity index (χ2n) is 4.00. The number of carbonyl (C=O) groups excluding carboxylic acids is 1. The van der Waals surface area contributed by atoms with Crippen LogP contribution in [0.1, 0.15) is 34.7 Å². The summed E-state index contributed by atoms with van der Waals surface area (Å²) in [4.78, 5) is 11.3. The minimum atomic E-state index is -0.736. The molecule has 3 N–H and O–H groups in total. The number of ether oxygens (including phenoxy) is 1. The lowest BCUT2D eigenvalue weighted by molar-refractivity contribution is -0.129. The van der Waals surface area contributed by atoms with E-state index in [0.717, 1.165) is 12.0 Å². The van der Waals surface area contributed by atoms with E-state index in [2.05, 4.69) is 0 Å². The summed E-state index contributed by atoms with van der Waals surface area (Å²) >= 11 is 0. The van der Waals surface area contributed by atoms with Crippen molar-refractivity contribution in [1.82, 2.24) is 0 Å². The lowest BCUT2D eigenvalue weighted by Crippen LogP contribution is -2.25. The van der Waals surface area contributed by atoms with Crippen molar-refractivity contribution in [2.24, 2.45) is 5.73 Å². The zero-order valence-corrected chi connectivity index (χ0v) is 8.93. The third kappa shape index (κ3) is 2.23. The Hall–Kier alpha value is -1.39. The molecule has 2 unspecified atom stereocenters. The average molecular weight is 221 g/mol. The standard InChI is InChI=1S/C12H15NO3/c13-12(15)10-4-2-1-3-9(10)8-5-6-16-11(14)7-8/h1-4,8,11,14H,5-7H2,(H2,13,15). The molecule has 1 saturated heterocycles. The van der Waals surface area contributed by atoms with Crippen LogP contribution < -0.4 is 5.73 Å². The molecule has 2 rings (SSSR count). The fourth-order valence-corrected chi connectivity index (χ4v) is 2.14. The van der Waals surface area contributed by atoms with Crippen LogP contribution in [0, 0.1) is 0 Å². The Labute approximate surface area is 94.0 Å². The third-order valence-electron chi connectivity index (χ3n) is 2.93. The number of carbonyl (C=O) groups is 1. The van der Waals surface area contributed by atoms with Crippen LogP contribution in [0.2, 0.25) is 0 Å². The molecule has 1 amide bonds. The molecule has 0 spiro atoms. The summed E-state index contributed by atoms with van der Waals surface area (Å²) in [6, 6.07) is 7.28. The predicted molar refractivity (Wildman–Crippen MR) is 58.9 cm³/mol. The molecule has 86 valence electrons. The largest absolute Gasteiger partial charge is 0.368 e. The number of nitrogens with two attached hydrogens (primary N) is 1. The maximum atomic E-state index is 11.3. The van der Waals surface area contributed by atoms with E-state index in [9.17, 15) is 9.90 Å². The van der Waals surface area contributed by atoms with Crippen LogP contribution in [0.5, 0.6) is 0 Å². The average Bonchev–Trinajstić information content (AvgIpc) is 2.29. The number of amides is 1. The zero-order chi connectivity index (χ0) is 11.5. The van der Waals surface area contributed by atoms with Crippen molar-refractivity contribution in [2.45, 2.75) is 25.0 Å². The summed E-state index contributed by atoms with van der Waals surface area (Å²) in [7, 11) is 0. The van der Waals surface area contributed by atoms with Gasteiger partial charge in [0.1, 0.15) is 0 Å². The van der Waals surface area contributed by atoms with Gasteiger partial charge in [-0.15, -0.1) is 0 Å². The van der Waals surface area contributed by atoms with Crippen molar-refractivity contribution in [3.63, 3.8) is 0 Å². The molecule has 2 atom stereocenters. The number of rotatable bonds is 2. The van der Waals surface area contributed by atoms with E-state index >= 15 is 0 Å². The van der Waals surface area contributed by atoms with Crippen molar-refractivity contribution >= 4 is 5.91 Å². The van der Waals surface area contributed by atoms with Gasteiger partial charge >= 0.3 is 0 Å². The molecule has 1 aliphatic heterocycles. The van der Waals surface area contributed by atoms with Crippen molar-refractivity contribution in [3.8, 4) is 0 Å². The van der Waals surface area contributed by atoms with E-state index in [1.807, 2.05) is 12.1 Å². The first-order chi connectivity index (χ1) is 7.68. The van der Waals surface area contributed by atoms with Crippen LogP contribution >= 0.6 is 0 Å². The van der Waals surface area contributed by atoms with Crippen molar-refractivity contribution in [3.05, 3.63) is 35.4 Å². The van der Waals surface area contributed by atoms with Crippen LogP contribution in [0.25, 0.3) is 0 Å². The lowest BCUT2D eigenvalue weighted by atomic mass is 9.87. The van der Waals surface area contributed by atoms with Crippen molar-refractivity contribution < 1.29 is 14.6 Å². The molecule has 16 heavy (non-hydrogen) atoms. The Morgan fingerprint density at radius 2 is 2.19 bits per heavy atom. The number of hydrogen-bond acceptors (Lipinski definition) is 3. The number of aliphatic hydroxyl groups excluding tert-OH is 1. The predicted octanol–water partition coefficient (Wildman–Crippen LogP) is 0.998. The van der Waals surface area contributed by atoms with Gasteiger partial charge in [0.15, 0.2) is 6.29 Å². The first-order valence-corrected chi connectivity index (χ1v) is 5.37. The van der Waals surface area contributed by atoms with Gasteiger partial charge in [0.2, 0.25) is 5.91 Å². The summed E-state index contributed by atoms with van der Waals surface area (Å²) in [6.07, 6.45) is 0.589. The van der Waals surface area contributed by atoms with Gasteiger partial charge in [-0.2, -0.15) is 0 Å². The van der Waals surface area contributed by atoms with E-state index in [4.69, 9.17) is 10.5 Å². The van der Waals surface area contributed by atoms with Gasteiger partial charge in [-0.25, -0.2) is 0 Å². The smallest absolute Gasteiger partial charge is 0.248 e. The van der Waals surface area contributed by atoms with Gasteiger partial charge in [-0.1, -0.05) is 18.2 Å². The minimum Gasteiger partial charge on any atom is -0.368 e. The first-order valence-electron chi connectivity index (χ1n) is 5.37. The molecule has 0 saturated carbocycles.